The van der Waals surface area contributed by atoms with E-state index in [1.165, 1.54) is 11.8 Å². The van der Waals surface area contributed by atoms with E-state index >= 15 is 0 Å². The number of hydrogen-bond donors (Lipinski definition) is 0. The number of thioether (sulfide) groups is 1. The largest absolute Gasteiger partial charge is 0.465 e. The first-order valence-corrected chi connectivity index (χ1v) is 5.47. The number of rotatable bonds is 2. The van der Waals surface area contributed by atoms with Crippen molar-refractivity contribution >= 4 is 29.3 Å². The third-order valence-corrected chi connectivity index (χ3v) is 3.54. The zero-order valence-corrected chi connectivity index (χ0v) is 8.85. The van der Waals surface area contributed by atoms with Crippen LogP contribution in [-0.2, 0) is 9.53 Å². The summed E-state index contributed by atoms with van der Waals surface area (Å²) in [5, 5.41) is 1.12. The van der Waals surface area contributed by atoms with Crippen LogP contribution in [-0.4, -0.2) is 22.8 Å². The van der Waals surface area contributed by atoms with E-state index < -0.39 is 0 Å². The minimum atomic E-state index is -0.170. The van der Waals surface area contributed by atoms with Gasteiger partial charge in [0.2, 0.25) is 0 Å². The van der Waals surface area contributed by atoms with E-state index in [0.29, 0.717) is 16.7 Å². The van der Waals surface area contributed by atoms with Crippen LogP contribution < -0.4 is 0 Å². The lowest BCUT2D eigenvalue weighted by molar-refractivity contribution is -0.137. The van der Waals surface area contributed by atoms with Crippen LogP contribution in [0.15, 0.2) is 23.4 Å². The molecule has 3 nitrogen and oxygen atoms in total. The summed E-state index contributed by atoms with van der Waals surface area (Å²) in [7, 11) is 0. The van der Waals surface area contributed by atoms with Crippen LogP contribution in [0.5, 0.6) is 0 Å². The second-order valence-electron chi connectivity index (χ2n) is 2.85. The van der Waals surface area contributed by atoms with Crippen molar-refractivity contribution in [2.75, 3.05) is 6.61 Å². The molecule has 1 atom stereocenters. The highest BCUT2D eigenvalue weighted by Gasteiger charge is 2.28. The first-order chi connectivity index (χ1) is 6.77. The molecular formula is C9H8ClNO2S. The van der Waals surface area contributed by atoms with E-state index in [-0.39, 0.29) is 11.2 Å². The number of aromatic nitrogens is 1. The van der Waals surface area contributed by atoms with Gasteiger partial charge in [0.1, 0.15) is 10.3 Å². The summed E-state index contributed by atoms with van der Waals surface area (Å²) in [6.07, 6.45) is 2.39. The van der Waals surface area contributed by atoms with Crippen molar-refractivity contribution in [2.24, 2.45) is 0 Å². The van der Waals surface area contributed by atoms with E-state index in [4.69, 9.17) is 16.3 Å². The second-order valence-corrected chi connectivity index (χ2v) is 4.45. The van der Waals surface area contributed by atoms with E-state index in [2.05, 4.69) is 4.98 Å². The Balaban J connectivity index is 2.10. The Labute approximate surface area is 90.8 Å². The summed E-state index contributed by atoms with van der Waals surface area (Å²) in [5.41, 5.74) is 0. The lowest BCUT2D eigenvalue weighted by Gasteiger charge is -2.05. The van der Waals surface area contributed by atoms with E-state index in [0.717, 1.165) is 6.42 Å². The molecule has 0 radical (unpaired) electrons. The fraction of sp³-hybridized carbons (Fsp3) is 0.333. The van der Waals surface area contributed by atoms with Gasteiger partial charge in [0, 0.05) is 12.6 Å². The van der Waals surface area contributed by atoms with Crippen LogP contribution in [0.3, 0.4) is 0 Å². The van der Waals surface area contributed by atoms with Gasteiger partial charge >= 0.3 is 5.97 Å². The molecule has 1 aliphatic heterocycles. The third-order valence-electron chi connectivity index (χ3n) is 1.87. The lowest BCUT2D eigenvalue weighted by Crippen LogP contribution is -2.09. The highest BCUT2D eigenvalue weighted by atomic mass is 35.5. The average molecular weight is 230 g/mol. The zero-order valence-electron chi connectivity index (χ0n) is 7.27. The maximum absolute atomic E-state index is 11.2. The standard InChI is InChI=1S/C9H8ClNO2S/c10-6-2-1-4-11-8(6)14-7-3-5-13-9(7)12/h1-2,4,7H,3,5H2. The van der Waals surface area contributed by atoms with Gasteiger partial charge in [0.15, 0.2) is 0 Å². The van der Waals surface area contributed by atoms with E-state index in [9.17, 15) is 4.79 Å². The quantitative estimate of drug-likeness (QED) is 0.729. The molecule has 1 fully saturated rings. The number of hydrogen-bond acceptors (Lipinski definition) is 4. The minimum absolute atomic E-state index is 0.151. The predicted octanol–water partition coefficient (Wildman–Crippen LogP) is 2.14. The summed E-state index contributed by atoms with van der Waals surface area (Å²) in [4.78, 5) is 15.3. The van der Waals surface area contributed by atoms with Gasteiger partial charge in [-0.3, -0.25) is 4.79 Å². The smallest absolute Gasteiger partial charge is 0.319 e. The zero-order chi connectivity index (χ0) is 9.97. The SMILES string of the molecule is O=C1OCCC1Sc1ncccc1Cl. The molecule has 74 valence electrons. The maximum Gasteiger partial charge on any atom is 0.319 e. The van der Waals surface area contributed by atoms with Crippen LogP contribution in [0.25, 0.3) is 0 Å². The molecule has 2 heterocycles. The van der Waals surface area contributed by atoms with Gasteiger partial charge in [-0.2, -0.15) is 0 Å². The van der Waals surface area contributed by atoms with Crippen LogP contribution in [0, 0.1) is 0 Å². The Morgan fingerprint density at radius 1 is 1.64 bits per heavy atom. The number of cyclic esters (lactones) is 1. The Hall–Kier alpha value is -0.740. The monoisotopic (exact) mass is 229 g/mol. The topological polar surface area (TPSA) is 39.2 Å². The molecule has 0 bridgehead atoms. The van der Waals surface area contributed by atoms with Gasteiger partial charge < -0.3 is 4.74 Å². The van der Waals surface area contributed by atoms with Gasteiger partial charge in [-0.15, -0.1) is 0 Å². The average Bonchev–Trinajstić information content (AvgIpc) is 2.56. The number of pyridine rings is 1. The molecule has 0 N–H and O–H groups in total. The van der Waals surface area contributed by atoms with Crippen LogP contribution in [0.4, 0.5) is 0 Å². The molecular weight excluding hydrogens is 222 g/mol. The Morgan fingerprint density at radius 3 is 3.14 bits per heavy atom. The summed E-state index contributed by atoms with van der Waals surface area (Å²) >= 11 is 7.28. The number of halogens is 1. The van der Waals surface area contributed by atoms with Crippen molar-refractivity contribution in [1.82, 2.24) is 4.98 Å². The molecule has 14 heavy (non-hydrogen) atoms. The number of carbonyl (C=O) groups excluding carboxylic acids is 1. The molecule has 1 aromatic heterocycles. The van der Waals surface area contributed by atoms with Crippen LogP contribution >= 0.6 is 23.4 Å². The molecule has 1 unspecified atom stereocenters. The van der Waals surface area contributed by atoms with Gasteiger partial charge in [-0.25, -0.2) is 4.98 Å². The van der Waals surface area contributed by atoms with Crippen molar-refractivity contribution in [3.05, 3.63) is 23.4 Å². The Kier molecular flexibility index (Phi) is 2.93. The van der Waals surface area contributed by atoms with Gasteiger partial charge in [-0.05, 0) is 12.1 Å². The normalized spacial score (nSPS) is 20.9. The fourth-order valence-electron chi connectivity index (χ4n) is 1.18. The third kappa shape index (κ3) is 2.01. The second kappa shape index (κ2) is 4.19. The summed E-state index contributed by atoms with van der Waals surface area (Å²) in [6.45, 7) is 0.501. The van der Waals surface area contributed by atoms with E-state index in [1.54, 1.807) is 18.3 Å². The fourth-order valence-corrected chi connectivity index (χ4v) is 2.38. The molecule has 5 heteroatoms. The van der Waals surface area contributed by atoms with Crippen LogP contribution in [0.2, 0.25) is 5.02 Å². The van der Waals surface area contributed by atoms with Gasteiger partial charge in [0.05, 0.1) is 11.6 Å². The van der Waals surface area contributed by atoms with Crippen molar-refractivity contribution in [1.29, 1.82) is 0 Å². The first kappa shape index (κ1) is 9.80. The molecule has 0 amide bonds. The molecule has 0 aromatic carbocycles. The van der Waals surface area contributed by atoms with Crippen LogP contribution in [0.1, 0.15) is 6.42 Å². The highest BCUT2D eigenvalue weighted by Crippen LogP contribution is 2.32. The Morgan fingerprint density at radius 2 is 2.50 bits per heavy atom. The summed E-state index contributed by atoms with van der Waals surface area (Å²) in [6, 6.07) is 3.52. The molecule has 1 saturated heterocycles. The summed E-state index contributed by atoms with van der Waals surface area (Å²) < 4.78 is 4.85. The number of esters is 1. The van der Waals surface area contributed by atoms with Gasteiger partial charge in [0.25, 0.3) is 0 Å². The summed E-state index contributed by atoms with van der Waals surface area (Å²) in [5.74, 6) is -0.170. The minimum Gasteiger partial charge on any atom is -0.465 e. The molecule has 2 rings (SSSR count). The number of nitrogens with zero attached hydrogens (tertiary/aromatic N) is 1. The van der Waals surface area contributed by atoms with Crippen molar-refractivity contribution in [2.45, 2.75) is 16.7 Å². The molecule has 1 aromatic rings. The molecule has 0 aliphatic carbocycles. The first-order valence-electron chi connectivity index (χ1n) is 4.21. The highest BCUT2D eigenvalue weighted by molar-refractivity contribution is 8.00. The van der Waals surface area contributed by atoms with Gasteiger partial charge in [-0.1, -0.05) is 23.4 Å². The number of carbonyl (C=O) groups is 1. The van der Waals surface area contributed by atoms with Crippen molar-refractivity contribution < 1.29 is 9.53 Å². The van der Waals surface area contributed by atoms with Crippen molar-refractivity contribution in [3.63, 3.8) is 0 Å². The predicted molar refractivity (Wildman–Crippen MR) is 54.5 cm³/mol. The number of ether oxygens (including phenoxy) is 1. The van der Waals surface area contributed by atoms with Crippen molar-refractivity contribution in [3.8, 4) is 0 Å². The van der Waals surface area contributed by atoms with E-state index in [1.807, 2.05) is 0 Å². The molecule has 0 spiro atoms. The molecule has 1 aliphatic rings. The lowest BCUT2D eigenvalue weighted by atomic mass is 10.4. The maximum atomic E-state index is 11.2. The molecule has 0 saturated carbocycles. The Bertz CT molecular complexity index is 358.